The molecule has 2 aromatic carbocycles. The molecule has 0 bridgehead atoms. The summed E-state index contributed by atoms with van der Waals surface area (Å²) >= 11 is 6.02. The predicted octanol–water partition coefficient (Wildman–Crippen LogP) is 2.63. The molecule has 9 heteroatoms. The Morgan fingerprint density at radius 1 is 1.13 bits per heavy atom. The molecule has 1 heterocycles. The van der Waals surface area contributed by atoms with Crippen molar-refractivity contribution in [2.75, 3.05) is 18.5 Å². The average Bonchev–Trinajstić information content (AvgIpc) is 3.09. The molecule has 0 aliphatic carbocycles. The Hall–Kier alpha value is -3.39. The van der Waals surface area contributed by atoms with Crippen LogP contribution in [0, 0.1) is 19.8 Å². The van der Waals surface area contributed by atoms with Gasteiger partial charge in [0.2, 0.25) is 5.91 Å². The van der Waals surface area contributed by atoms with Gasteiger partial charge in [-0.3, -0.25) is 29.6 Å². The molecule has 0 saturated carbocycles. The highest BCUT2D eigenvalue weighted by Gasteiger charge is 2.36. The van der Waals surface area contributed by atoms with Crippen molar-refractivity contribution in [3.8, 4) is 0 Å². The maximum Gasteiger partial charge on any atom is 0.311 e. The van der Waals surface area contributed by atoms with Crippen LogP contribution >= 0.6 is 11.6 Å². The first-order chi connectivity index (χ1) is 14.7. The SMILES string of the molecule is Cc1ccc(NC(=O)COC(=O)[C@H]2CC(=O)N(NC(=O)c3ccccc3C)C2)cc1Cl. The molecular formula is C22H22ClN3O5. The fourth-order valence-corrected chi connectivity index (χ4v) is 3.29. The number of benzene rings is 2. The maximum absolute atomic E-state index is 12.4. The van der Waals surface area contributed by atoms with Crippen LogP contribution in [0.5, 0.6) is 0 Å². The monoisotopic (exact) mass is 443 g/mol. The number of aryl methyl sites for hydroxylation is 2. The summed E-state index contributed by atoms with van der Waals surface area (Å²) in [6.45, 7) is 3.11. The van der Waals surface area contributed by atoms with Crippen LogP contribution in [0.4, 0.5) is 5.69 Å². The first-order valence-corrected chi connectivity index (χ1v) is 10.0. The van der Waals surface area contributed by atoms with E-state index in [0.29, 0.717) is 16.3 Å². The van der Waals surface area contributed by atoms with E-state index in [1.165, 1.54) is 0 Å². The summed E-state index contributed by atoms with van der Waals surface area (Å²) in [6.07, 6.45) is -0.109. The van der Waals surface area contributed by atoms with Crippen LogP contribution < -0.4 is 10.7 Å². The van der Waals surface area contributed by atoms with Crippen molar-refractivity contribution >= 4 is 41.0 Å². The number of amides is 3. The second kappa shape index (κ2) is 9.61. The molecule has 0 unspecified atom stereocenters. The summed E-state index contributed by atoms with van der Waals surface area (Å²) in [4.78, 5) is 48.9. The third-order valence-electron chi connectivity index (χ3n) is 4.89. The maximum atomic E-state index is 12.4. The van der Waals surface area contributed by atoms with Crippen LogP contribution in [-0.4, -0.2) is 41.9 Å². The Kier molecular flexibility index (Phi) is 6.91. The summed E-state index contributed by atoms with van der Waals surface area (Å²) in [7, 11) is 0. The minimum Gasteiger partial charge on any atom is -0.455 e. The lowest BCUT2D eigenvalue weighted by Crippen LogP contribution is -2.43. The van der Waals surface area contributed by atoms with Gasteiger partial charge in [0, 0.05) is 22.7 Å². The third kappa shape index (κ3) is 5.61. The molecule has 31 heavy (non-hydrogen) atoms. The number of nitrogens with zero attached hydrogens (tertiary/aromatic N) is 1. The lowest BCUT2D eigenvalue weighted by atomic mass is 10.1. The molecule has 1 saturated heterocycles. The summed E-state index contributed by atoms with van der Waals surface area (Å²) < 4.78 is 5.04. The van der Waals surface area contributed by atoms with Crippen molar-refractivity contribution in [3.63, 3.8) is 0 Å². The molecule has 0 spiro atoms. The van der Waals surface area contributed by atoms with Crippen LogP contribution in [-0.2, 0) is 19.1 Å². The number of ether oxygens (including phenoxy) is 1. The van der Waals surface area contributed by atoms with E-state index in [-0.39, 0.29) is 13.0 Å². The van der Waals surface area contributed by atoms with Crippen molar-refractivity contribution in [1.29, 1.82) is 0 Å². The van der Waals surface area contributed by atoms with Gasteiger partial charge in [-0.05, 0) is 43.2 Å². The van der Waals surface area contributed by atoms with Gasteiger partial charge < -0.3 is 10.1 Å². The van der Waals surface area contributed by atoms with E-state index < -0.39 is 36.2 Å². The normalized spacial score (nSPS) is 15.5. The highest BCUT2D eigenvalue weighted by atomic mass is 35.5. The largest absolute Gasteiger partial charge is 0.455 e. The van der Waals surface area contributed by atoms with E-state index in [0.717, 1.165) is 16.1 Å². The van der Waals surface area contributed by atoms with Gasteiger partial charge in [0.1, 0.15) is 0 Å². The van der Waals surface area contributed by atoms with Crippen molar-refractivity contribution < 1.29 is 23.9 Å². The zero-order valence-electron chi connectivity index (χ0n) is 17.1. The van der Waals surface area contributed by atoms with Crippen LogP contribution in [0.15, 0.2) is 42.5 Å². The zero-order chi connectivity index (χ0) is 22.5. The van der Waals surface area contributed by atoms with Gasteiger partial charge in [-0.2, -0.15) is 0 Å². The molecule has 0 aromatic heterocycles. The van der Waals surface area contributed by atoms with Crippen LogP contribution in [0.1, 0.15) is 27.9 Å². The second-order valence-electron chi connectivity index (χ2n) is 7.28. The first kappa shape index (κ1) is 22.3. The molecule has 162 valence electrons. The van der Waals surface area contributed by atoms with Crippen LogP contribution in [0.3, 0.4) is 0 Å². The van der Waals surface area contributed by atoms with Gasteiger partial charge in [0.25, 0.3) is 11.8 Å². The zero-order valence-corrected chi connectivity index (χ0v) is 17.9. The summed E-state index contributed by atoms with van der Waals surface area (Å²) in [5.41, 5.74) is 5.08. The number of hydrogen-bond donors (Lipinski definition) is 2. The Labute approximate surface area is 184 Å². The van der Waals surface area contributed by atoms with Crippen molar-refractivity contribution in [1.82, 2.24) is 10.4 Å². The van der Waals surface area contributed by atoms with Crippen LogP contribution in [0.2, 0.25) is 5.02 Å². The highest BCUT2D eigenvalue weighted by Crippen LogP contribution is 2.20. The number of carbonyl (C=O) groups excluding carboxylic acids is 4. The number of esters is 1. The van der Waals surface area contributed by atoms with Gasteiger partial charge in [0.05, 0.1) is 12.5 Å². The quantitative estimate of drug-likeness (QED) is 0.668. The fraction of sp³-hybridized carbons (Fsp3) is 0.273. The van der Waals surface area contributed by atoms with Gasteiger partial charge in [0.15, 0.2) is 6.61 Å². The number of nitrogens with one attached hydrogen (secondary N) is 2. The summed E-state index contributed by atoms with van der Waals surface area (Å²) in [6, 6.07) is 12.0. The fourth-order valence-electron chi connectivity index (χ4n) is 3.11. The van der Waals surface area contributed by atoms with Crippen molar-refractivity contribution in [2.24, 2.45) is 5.92 Å². The lowest BCUT2D eigenvalue weighted by Gasteiger charge is -2.18. The molecule has 1 fully saturated rings. The third-order valence-corrected chi connectivity index (χ3v) is 5.29. The molecule has 1 atom stereocenters. The van der Waals surface area contributed by atoms with E-state index >= 15 is 0 Å². The number of halogens is 1. The van der Waals surface area contributed by atoms with Gasteiger partial charge in [-0.1, -0.05) is 35.9 Å². The number of rotatable bonds is 6. The molecule has 2 aromatic rings. The summed E-state index contributed by atoms with van der Waals surface area (Å²) in [5.74, 6) is -2.81. The standard InChI is InChI=1S/C22H22ClN3O5/c1-13-5-3-4-6-17(13)21(29)25-26-11-15(9-20(26)28)22(30)31-12-19(27)24-16-8-7-14(2)18(23)10-16/h3-8,10,15H,9,11-12H2,1-2H3,(H,24,27)(H,25,29)/t15-/m0/s1. The number of carbonyl (C=O) groups is 4. The molecule has 8 nitrogen and oxygen atoms in total. The Bertz CT molecular complexity index is 1040. The molecule has 1 aliphatic heterocycles. The van der Waals surface area contributed by atoms with Gasteiger partial charge >= 0.3 is 5.97 Å². The molecule has 3 amide bonds. The predicted molar refractivity (Wildman–Crippen MR) is 114 cm³/mol. The van der Waals surface area contributed by atoms with Gasteiger partial charge in [-0.15, -0.1) is 0 Å². The molecular weight excluding hydrogens is 422 g/mol. The molecule has 1 aliphatic rings. The number of hydrogen-bond acceptors (Lipinski definition) is 5. The van der Waals surface area contributed by atoms with Crippen molar-refractivity contribution in [3.05, 3.63) is 64.2 Å². The minimum absolute atomic E-state index is 0.0233. The Morgan fingerprint density at radius 3 is 2.58 bits per heavy atom. The smallest absolute Gasteiger partial charge is 0.311 e. The van der Waals surface area contributed by atoms with Crippen LogP contribution in [0.25, 0.3) is 0 Å². The van der Waals surface area contributed by atoms with E-state index in [2.05, 4.69) is 10.7 Å². The molecule has 3 rings (SSSR count). The van der Waals surface area contributed by atoms with E-state index in [9.17, 15) is 19.2 Å². The number of hydrazine groups is 1. The van der Waals surface area contributed by atoms with E-state index in [1.54, 1.807) is 43.3 Å². The second-order valence-corrected chi connectivity index (χ2v) is 7.69. The molecule has 2 N–H and O–H groups in total. The van der Waals surface area contributed by atoms with Gasteiger partial charge in [-0.25, -0.2) is 0 Å². The van der Waals surface area contributed by atoms with E-state index in [1.807, 2.05) is 13.0 Å². The lowest BCUT2D eigenvalue weighted by molar-refractivity contribution is -0.151. The van der Waals surface area contributed by atoms with Crippen molar-refractivity contribution in [2.45, 2.75) is 20.3 Å². The molecule has 0 radical (unpaired) electrons. The summed E-state index contributed by atoms with van der Waals surface area (Å²) in [5, 5.41) is 4.20. The Balaban J connectivity index is 1.49. The highest BCUT2D eigenvalue weighted by molar-refractivity contribution is 6.31. The first-order valence-electron chi connectivity index (χ1n) is 9.64. The number of anilines is 1. The average molecular weight is 444 g/mol. The van der Waals surface area contributed by atoms with E-state index in [4.69, 9.17) is 16.3 Å². The minimum atomic E-state index is -0.772. The topological polar surface area (TPSA) is 105 Å². The Morgan fingerprint density at radius 2 is 1.87 bits per heavy atom.